The molecule has 0 unspecified atom stereocenters. The van der Waals surface area contributed by atoms with E-state index in [2.05, 4.69) is 4.98 Å². The van der Waals surface area contributed by atoms with Gasteiger partial charge in [-0.1, -0.05) is 42.5 Å². The number of methoxy groups -OCH3 is 1. The second-order valence-electron chi connectivity index (χ2n) is 6.62. The smallest absolute Gasteiger partial charge is 0.337 e. The van der Waals surface area contributed by atoms with Gasteiger partial charge in [0, 0.05) is 17.5 Å². The molecule has 0 saturated carbocycles. The van der Waals surface area contributed by atoms with Crippen LogP contribution < -0.4 is 0 Å². The van der Waals surface area contributed by atoms with E-state index in [0.29, 0.717) is 22.7 Å². The summed E-state index contributed by atoms with van der Waals surface area (Å²) in [6, 6.07) is 16.9. The highest BCUT2D eigenvalue weighted by atomic mass is 32.1. The Kier molecular flexibility index (Phi) is 5.14. The summed E-state index contributed by atoms with van der Waals surface area (Å²) in [7, 11) is 1.35. The highest BCUT2D eigenvalue weighted by molar-refractivity contribution is 7.11. The predicted molar refractivity (Wildman–Crippen MR) is 113 cm³/mol. The van der Waals surface area contributed by atoms with Gasteiger partial charge in [-0.2, -0.15) is 0 Å². The van der Waals surface area contributed by atoms with Crippen molar-refractivity contribution in [2.24, 2.45) is 0 Å². The number of amidine groups is 1. The van der Waals surface area contributed by atoms with Crippen molar-refractivity contribution in [2.75, 3.05) is 13.7 Å². The first-order chi connectivity index (χ1) is 14.1. The maximum absolute atomic E-state index is 11.6. The fourth-order valence-corrected chi connectivity index (χ4v) is 4.10. The first-order valence-corrected chi connectivity index (χ1v) is 9.89. The second-order valence-corrected chi connectivity index (χ2v) is 7.48. The first kappa shape index (κ1) is 18.9. The molecule has 0 saturated heterocycles. The fraction of sp³-hybridized carbons (Fsp3) is 0.136. The lowest BCUT2D eigenvalue weighted by atomic mass is 10.1. The molecule has 1 aromatic heterocycles. The summed E-state index contributed by atoms with van der Waals surface area (Å²) in [5, 5.41) is 21.6. The van der Waals surface area contributed by atoms with Crippen molar-refractivity contribution in [1.29, 1.82) is 5.41 Å². The number of hydrogen-bond acceptors (Lipinski definition) is 6. The maximum Gasteiger partial charge on any atom is 0.337 e. The number of carbonyl (C=O) groups is 1. The van der Waals surface area contributed by atoms with Gasteiger partial charge in [-0.15, -0.1) is 11.3 Å². The molecule has 3 aromatic rings. The van der Waals surface area contributed by atoms with Crippen LogP contribution in [0.5, 0.6) is 0 Å². The van der Waals surface area contributed by atoms with E-state index in [1.54, 1.807) is 17.0 Å². The summed E-state index contributed by atoms with van der Waals surface area (Å²) in [5.41, 5.74) is 3.72. The minimum Gasteiger partial charge on any atom is -0.510 e. The summed E-state index contributed by atoms with van der Waals surface area (Å²) in [6.07, 6.45) is 0. The van der Waals surface area contributed by atoms with Crippen molar-refractivity contribution in [2.45, 2.75) is 6.54 Å². The topological polar surface area (TPSA) is 86.5 Å². The number of thiazole rings is 1. The molecule has 4 rings (SSSR count). The van der Waals surface area contributed by atoms with Crippen LogP contribution in [-0.4, -0.2) is 40.4 Å². The summed E-state index contributed by atoms with van der Waals surface area (Å²) in [6.45, 7) is 0.706. The Morgan fingerprint density at radius 2 is 1.93 bits per heavy atom. The number of aliphatic hydroxyl groups excluding tert-OH is 1. The van der Waals surface area contributed by atoms with E-state index in [1.807, 2.05) is 47.8 Å². The number of esters is 1. The van der Waals surface area contributed by atoms with Crippen LogP contribution in [0, 0.1) is 5.41 Å². The van der Waals surface area contributed by atoms with Crippen molar-refractivity contribution in [3.05, 3.63) is 81.9 Å². The lowest BCUT2D eigenvalue weighted by molar-refractivity contribution is 0.0600. The lowest BCUT2D eigenvalue weighted by Crippen LogP contribution is -2.26. The predicted octanol–water partition coefficient (Wildman–Crippen LogP) is 4.36. The Labute approximate surface area is 172 Å². The van der Waals surface area contributed by atoms with Crippen molar-refractivity contribution in [3.8, 4) is 11.3 Å². The van der Waals surface area contributed by atoms with Crippen LogP contribution in [-0.2, 0) is 11.3 Å². The minimum absolute atomic E-state index is 0.148. The monoisotopic (exact) mass is 405 g/mol. The number of aliphatic hydroxyl groups is 1. The molecular formula is C22H19N3O3S. The van der Waals surface area contributed by atoms with E-state index in [0.717, 1.165) is 16.8 Å². The van der Waals surface area contributed by atoms with Crippen molar-refractivity contribution < 1.29 is 14.6 Å². The van der Waals surface area contributed by atoms with Crippen LogP contribution in [0.3, 0.4) is 0 Å². The number of nitrogens with zero attached hydrogens (tertiary/aromatic N) is 2. The van der Waals surface area contributed by atoms with Gasteiger partial charge in [-0.25, -0.2) is 9.78 Å². The summed E-state index contributed by atoms with van der Waals surface area (Å²) in [4.78, 5) is 18.0. The molecule has 0 spiro atoms. The first-order valence-electron chi connectivity index (χ1n) is 9.01. The van der Waals surface area contributed by atoms with Crippen LogP contribution in [0.2, 0.25) is 0 Å². The van der Waals surface area contributed by atoms with E-state index < -0.39 is 0 Å². The van der Waals surface area contributed by atoms with Crippen LogP contribution in [0.25, 0.3) is 16.8 Å². The third kappa shape index (κ3) is 3.77. The highest BCUT2D eigenvalue weighted by Gasteiger charge is 2.30. The van der Waals surface area contributed by atoms with Gasteiger partial charge >= 0.3 is 5.97 Å². The molecule has 7 heteroatoms. The van der Waals surface area contributed by atoms with Gasteiger partial charge in [0.1, 0.15) is 16.6 Å². The molecule has 0 atom stereocenters. The molecule has 146 valence electrons. The van der Waals surface area contributed by atoms with E-state index in [-0.39, 0.29) is 24.1 Å². The average Bonchev–Trinajstić information content (AvgIpc) is 3.33. The zero-order chi connectivity index (χ0) is 20.4. The minimum atomic E-state index is -0.384. The fourth-order valence-electron chi connectivity index (χ4n) is 3.21. The molecule has 6 nitrogen and oxygen atoms in total. The van der Waals surface area contributed by atoms with Crippen LogP contribution in [0.1, 0.15) is 20.9 Å². The average molecular weight is 405 g/mol. The standard InChI is InChI=1S/C22H19N3O3S/c1-28-22(27)16-9-7-14(8-10-16)11-25-12-18(26)19(20(25)23)21-24-17(13-29-21)15-5-3-2-4-6-15/h2-10,13,23,26H,11-12H2,1H3. The number of hydrogen-bond donors (Lipinski definition) is 2. The number of benzene rings is 2. The molecule has 2 heterocycles. The van der Waals surface area contributed by atoms with Crippen LogP contribution in [0.15, 0.2) is 65.7 Å². The SMILES string of the molecule is COC(=O)c1ccc(CN2CC(O)=C(c3nc(-c4ccccc4)cs3)C2=N)cc1. The normalized spacial score (nSPS) is 13.8. The molecular weight excluding hydrogens is 386 g/mol. The zero-order valence-corrected chi connectivity index (χ0v) is 16.6. The number of nitrogens with one attached hydrogen (secondary N) is 1. The van der Waals surface area contributed by atoms with Crippen molar-refractivity contribution in [1.82, 2.24) is 9.88 Å². The number of carbonyl (C=O) groups excluding carboxylic acids is 1. The Balaban J connectivity index is 1.50. The molecule has 1 aliphatic rings. The van der Waals surface area contributed by atoms with E-state index in [1.165, 1.54) is 18.4 Å². The van der Waals surface area contributed by atoms with Crippen LogP contribution in [0.4, 0.5) is 0 Å². The Morgan fingerprint density at radius 1 is 1.21 bits per heavy atom. The van der Waals surface area contributed by atoms with Gasteiger partial charge in [-0.3, -0.25) is 5.41 Å². The number of aromatic nitrogens is 1. The summed E-state index contributed by atoms with van der Waals surface area (Å²) in [5.74, 6) is 0.00806. The zero-order valence-electron chi connectivity index (χ0n) is 15.8. The van der Waals surface area contributed by atoms with Gasteiger partial charge in [0.05, 0.1) is 30.5 Å². The van der Waals surface area contributed by atoms with Crippen molar-refractivity contribution in [3.63, 3.8) is 0 Å². The summed E-state index contributed by atoms with van der Waals surface area (Å²) >= 11 is 1.42. The molecule has 0 fully saturated rings. The number of ether oxygens (including phenoxy) is 1. The Morgan fingerprint density at radius 3 is 2.62 bits per heavy atom. The second kappa shape index (κ2) is 7.89. The molecule has 29 heavy (non-hydrogen) atoms. The van der Waals surface area contributed by atoms with Crippen LogP contribution >= 0.6 is 11.3 Å². The largest absolute Gasteiger partial charge is 0.510 e. The quantitative estimate of drug-likeness (QED) is 0.616. The molecule has 0 bridgehead atoms. The third-order valence-electron chi connectivity index (χ3n) is 4.72. The Hall–Kier alpha value is -3.45. The van der Waals surface area contributed by atoms with Gasteiger partial charge < -0.3 is 14.7 Å². The third-order valence-corrected chi connectivity index (χ3v) is 5.58. The molecule has 0 amide bonds. The van der Waals surface area contributed by atoms with Gasteiger partial charge in [0.15, 0.2) is 0 Å². The summed E-state index contributed by atoms with van der Waals surface area (Å²) < 4.78 is 4.71. The molecule has 0 aliphatic carbocycles. The Bertz CT molecular complexity index is 1090. The number of rotatable bonds is 5. The lowest BCUT2D eigenvalue weighted by Gasteiger charge is -2.18. The van der Waals surface area contributed by atoms with Crippen molar-refractivity contribution >= 4 is 28.7 Å². The maximum atomic E-state index is 11.6. The van der Waals surface area contributed by atoms with E-state index in [4.69, 9.17) is 10.1 Å². The highest BCUT2D eigenvalue weighted by Crippen LogP contribution is 2.32. The molecule has 1 aliphatic heterocycles. The molecule has 2 N–H and O–H groups in total. The van der Waals surface area contributed by atoms with Gasteiger partial charge in [0.25, 0.3) is 0 Å². The molecule has 2 aromatic carbocycles. The van der Waals surface area contributed by atoms with Gasteiger partial charge in [0.2, 0.25) is 0 Å². The van der Waals surface area contributed by atoms with Gasteiger partial charge in [-0.05, 0) is 17.7 Å². The molecule has 0 radical (unpaired) electrons. The van der Waals surface area contributed by atoms with E-state index in [9.17, 15) is 9.90 Å². The van der Waals surface area contributed by atoms with E-state index >= 15 is 0 Å².